The van der Waals surface area contributed by atoms with Crippen LogP contribution >= 0.6 is 136 Å². The number of anilines is 2. The Hall–Kier alpha value is -0.640. The van der Waals surface area contributed by atoms with Crippen LogP contribution in [0.15, 0.2) is 0 Å². The highest BCUT2D eigenvalue weighted by atomic mass is 127. The van der Waals surface area contributed by atoms with Gasteiger partial charge in [-0.05, 0) is 136 Å². The highest BCUT2D eigenvalue weighted by Crippen LogP contribution is 2.40. The molecule has 3 unspecified atom stereocenters. The van der Waals surface area contributed by atoms with E-state index in [1.165, 1.54) is 28.3 Å². The molecule has 0 saturated carbocycles. The minimum atomic E-state index is -1.44. The summed E-state index contributed by atoms with van der Waals surface area (Å²) in [7, 11) is 5.34. The molecule has 322 valence electrons. The lowest BCUT2D eigenvalue weighted by Gasteiger charge is -2.30. The van der Waals surface area contributed by atoms with Crippen LogP contribution < -0.4 is 20.9 Å². The Morgan fingerprint density at radius 1 is 0.638 bits per heavy atom. The van der Waals surface area contributed by atoms with Crippen molar-refractivity contribution in [2.24, 2.45) is 5.73 Å². The molecule has 0 aliphatic heterocycles. The van der Waals surface area contributed by atoms with E-state index in [2.05, 4.69) is 5.32 Å². The fraction of sp³-hybridized carbons (Fsp3) is 0.455. The number of aliphatic hydroxyl groups is 6. The van der Waals surface area contributed by atoms with Gasteiger partial charge < -0.3 is 66.0 Å². The molecule has 0 fully saturated rings. The van der Waals surface area contributed by atoms with E-state index >= 15 is 0 Å². The van der Waals surface area contributed by atoms with E-state index in [-0.39, 0.29) is 68.1 Å². The Balaban J connectivity index is 2.79. The number of carbonyl (C=O) groups excluding carboxylic acids is 6. The van der Waals surface area contributed by atoms with Gasteiger partial charge in [0.25, 0.3) is 29.5 Å². The molecular weight excluding hydrogens is 1450 g/mol. The van der Waals surface area contributed by atoms with Gasteiger partial charge in [0.05, 0.1) is 92.6 Å². The molecule has 0 aliphatic carbocycles. The van der Waals surface area contributed by atoms with Crippen LogP contribution in [0.3, 0.4) is 0 Å². The first-order valence-electron chi connectivity index (χ1n) is 16.5. The predicted octanol–water partition coefficient (Wildman–Crippen LogP) is -0.0111. The molecule has 0 spiro atoms. The zero-order valence-electron chi connectivity index (χ0n) is 31.1. The molecule has 0 heterocycles. The number of halogens is 6. The number of primary amides is 1. The maximum atomic E-state index is 14.4. The van der Waals surface area contributed by atoms with Crippen molar-refractivity contribution in [1.29, 1.82) is 0 Å². The topological polar surface area (TPSA) is 284 Å². The van der Waals surface area contributed by atoms with Crippen molar-refractivity contribution >= 4 is 182 Å². The van der Waals surface area contributed by atoms with Crippen molar-refractivity contribution in [1.82, 2.24) is 15.1 Å². The van der Waals surface area contributed by atoms with Crippen molar-refractivity contribution in [2.45, 2.75) is 18.3 Å². The maximum Gasteiger partial charge on any atom is 0.256 e. The minimum Gasteiger partial charge on any atom is -0.394 e. The van der Waals surface area contributed by atoms with Gasteiger partial charge in [0.15, 0.2) is 0 Å². The van der Waals surface area contributed by atoms with Gasteiger partial charge >= 0.3 is 0 Å². The summed E-state index contributed by atoms with van der Waals surface area (Å²) in [6, 6.07) is 0. The number of methoxy groups -OCH3 is 1. The lowest BCUT2D eigenvalue weighted by molar-refractivity contribution is -0.122. The van der Waals surface area contributed by atoms with Crippen LogP contribution in [0.1, 0.15) is 41.4 Å². The number of nitrogens with two attached hydrogens (primary N) is 1. The Bertz CT molecular complexity index is 1930. The largest absolute Gasteiger partial charge is 0.394 e. The van der Waals surface area contributed by atoms with Crippen molar-refractivity contribution in [2.75, 3.05) is 90.7 Å². The van der Waals surface area contributed by atoms with E-state index < -0.39 is 93.3 Å². The van der Waals surface area contributed by atoms with Crippen LogP contribution in [0.2, 0.25) is 0 Å². The first-order valence-corrected chi connectivity index (χ1v) is 22.9. The molecule has 3 atom stereocenters. The van der Waals surface area contributed by atoms with Crippen molar-refractivity contribution in [3.05, 3.63) is 43.7 Å². The minimum absolute atomic E-state index is 0.00821. The van der Waals surface area contributed by atoms with Gasteiger partial charge in [0.2, 0.25) is 5.91 Å². The number of aliphatic hydroxyl groups excluding tert-OH is 6. The SMILES string of the molecule is COCC(=O)N(CC(O)CO)c1c(I)c(C(=O)NCC(O)CO)c(I)c(C(=O)N(C)CC(=O)N(C)c2c(I)c(C(N)=O)c(I)c(C(=O)N(C)CC(O)CO)c2I)c1I. The molecule has 2 aromatic carbocycles. The van der Waals surface area contributed by atoms with Crippen LogP contribution in [-0.2, 0) is 14.3 Å². The van der Waals surface area contributed by atoms with E-state index in [4.69, 9.17) is 10.5 Å². The van der Waals surface area contributed by atoms with Crippen LogP contribution in [-0.4, -0.2) is 175 Å². The summed E-state index contributed by atoms with van der Waals surface area (Å²) >= 11 is 10.9. The third-order valence-corrected chi connectivity index (χ3v) is 14.5. The smallest absolute Gasteiger partial charge is 0.256 e. The molecule has 2 rings (SSSR count). The van der Waals surface area contributed by atoms with Gasteiger partial charge in [0, 0.05) is 48.5 Å². The summed E-state index contributed by atoms with van der Waals surface area (Å²) in [6.07, 6.45) is -4.00. The van der Waals surface area contributed by atoms with E-state index in [9.17, 15) is 59.4 Å². The number of benzene rings is 2. The van der Waals surface area contributed by atoms with Gasteiger partial charge in [0.1, 0.15) is 13.2 Å². The fourth-order valence-corrected chi connectivity index (χ4v) is 14.7. The van der Waals surface area contributed by atoms with Crippen LogP contribution in [0.4, 0.5) is 11.4 Å². The third-order valence-electron chi connectivity index (χ3n) is 8.11. The number of nitrogens with one attached hydrogen (secondary N) is 1. The number of amides is 6. The highest BCUT2D eigenvalue weighted by Gasteiger charge is 2.36. The zero-order chi connectivity index (χ0) is 44.5. The number of likely N-dealkylation sites (N-methyl/N-ethyl adjacent to an activating group) is 3. The van der Waals surface area contributed by atoms with Crippen molar-refractivity contribution in [3.63, 3.8) is 0 Å². The molecule has 0 aromatic heterocycles. The summed E-state index contributed by atoms with van der Waals surface area (Å²) in [5, 5.41) is 61.1. The monoisotopic (exact) mass is 1490 g/mol. The van der Waals surface area contributed by atoms with Crippen LogP contribution in [0, 0.1) is 21.4 Å². The van der Waals surface area contributed by atoms with E-state index in [0.717, 1.165) is 19.6 Å². The molecule has 9 N–H and O–H groups in total. The average molecular weight is 1490 g/mol. The first kappa shape index (κ1) is 53.5. The van der Waals surface area contributed by atoms with E-state index in [1.54, 1.807) is 67.8 Å². The van der Waals surface area contributed by atoms with E-state index in [1.807, 2.05) is 67.8 Å². The van der Waals surface area contributed by atoms with Gasteiger partial charge in [-0.25, -0.2) is 0 Å². The van der Waals surface area contributed by atoms with Crippen molar-refractivity contribution < 1.29 is 64.1 Å². The van der Waals surface area contributed by atoms with E-state index in [0.29, 0.717) is 0 Å². The quantitative estimate of drug-likeness (QED) is 0.0861. The molecule has 25 heteroatoms. The summed E-state index contributed by atoms with van der Waals surface area (Å²) in [5.74, 6) is -4.49. The number of hydrogen-bond acceptors (Lipinski definition) is 13. The number of ether oxygens (including phenoxy) is 1. The summed E-state index contributed by atoms with van der Waals surface area (Å²) < 4.78 is 6.10. The van der Waals surface area contributed by atoms with Crippen molar-refractivity contribution in [3.8, 4) is 0 Å². The maximum absolute atomic E-state index is 14.4. The summed E-state index contributed by atoms with van der Waals surface area (Å²) in [6.45, 7) is -4.16. The number of hydrogen-bond donors (Lipinski definition) is 8. The highest BCUT2D eigenvalue weighted by molar-refractivity contribution is 14.1. The third kappa shape index (κ3) is 12.7. The first-order chi connectivity index (χ1) is 27.0. The molecular formula is C33H40I6N6O13. The summed E-state index contributed by atoms with van der Waals surface area (Å²) in [4.78, 5) is 86.4. The molecule has 2 aromatic rings. The number of carbonyl (C=O) groups is 6. The molecule has 58 heavy (non-hydrogen) atoms. The lowest BCUT2D eigenvalue weighted by atomic mass is 10.1. The molecule has 0 radical (unpaired) electrons. The van der Waals surface area contributed by atoms with Gasteiger partial charge in [-0.2, -0.15) is 0 Å². The number of nitrogens with zero attached hydrogens (tertiary/aromatic N) is 4. The fourth-order valence-electron chi connectivity index (χ4n) is 5.12. The molecule has 6 amide bonds. The Morgan fingerprint density at radius 3 is 1.59 bits per heavy atom. The summed E-state index contributed by atoms with van der Waals surface area (Å²) in [5.41, 5.74) is 5.62. The standard InChI is InChI=1S/C33H40I6N6O13/c1-42(6-14(50)10-47)32(56)20-22(34)18(30(40)54)24(36)28(26(20)38)44(3)16(52)8-43(2)33(57)21-23(35)19(31(55)41-5-13(49)9-46)25(37)29(27(21)39)45(7-15(51)11-48)17(53)12-58-4/h13-15,46-51H,5-12H2,1-4H3,(H2,40,54)(H,41,55). The van der Waals surface area contributed by atoms with Gasteiger partial charge in [-0.3, -0.25) is 28.8 Å². The number of rotatable bonds is 19. The molecule has 0 saturated heterocycles. The normalized spacial score (nSPS) is 12.7. The van der Waals surface area contributed by atoms with Gasteiger partial charge in [-0.15, -0.1) is 0 Å². The second-order valence-electron chi connectivity index (χ2n) is 12.4. The Morgan fingerprint density at radius 2 is 1.09 bits per heavy atom. The Labute approximate surface area is 415 Å². The predicted molar refractivity (Wildman–Crippen MR) is 261 cm³/mol. The second kappa shape index (κ2) is 24.3. The lowest BCUT2D eigenvalue weighted by Crippen LogP contribution is -2.44. The molecule has 0 aliphatic rings. The molecule has 19 nitrogen and oxygen atoms in total. The van der Waals surface area contributed by atoms with Crippen LogP contribution in [0.5, 0.6) is 0 Å². The zero-order valence-corrected chi connectivity index (χ0v) is 44.0. The second-order valence-corrected chi connectivity index (χ2v) is 18.9. The average Bonchev–Trinajstić information content (AvgIpc) is 3.15. The Kier molecular flexibility index (Phi) is 22.4. The van der Waals surface area contributed by atoms with Gasteiger partial charge in [-0.1, -0.05) is 0 Å². The van der Waals surface area contributed by atoms with Crippen LogP contribution in [0.25, 0.3) is 0 Å². The molecule has 0 bridgehead atoms.